The molecule has 1 aromatic rings. The van der Waals surface area contributed by atoms with Crippen LogP contribution in [-0.2, 0) is 11.3 Å². The molecule has 80 valence electrons. The summed E-state index contributed by atoms with van der Waals surface area (Å²) in [6.07, 6.45) is -0.763. The SMILES string of the molecule is COc1cccc(C=O)c1COC(=O)O. The van der Waals surface area contributed by atoms with E-state index in [9.17, 15) is 9.59 Å². The average Bonchev–Trinajstić information content (AvgIpc) is 2.25. The van der Waals surface area contributed by atoms with Crippen molar-refractivity contribution in [3.8, 4) is 5.75 Å². The highest BCUT2D eigenvalue weighted by atomic mass is 16.7. The molecule has 5 heteroatoms. The molecule has 0 bridgehead atoms. The van der Waals surface area contributed by atoms with Gasteiger partial charge in [0.15, 0.2) is 6.29 Å². The summed E-state index contributed by atoms with van der Waals surface area (Å²) in [7, 11) is 1.44. The van der Waals surface area contributed by atoms with E-state index < -0.39 is 6.16 Å². The summed E-state index contributed by atoms with van der Waals surface area (Å²) < 4.78 is 9.38. The van der Waals surface area contributed by atoms with Crippen LogP contribution in [0.1, 0.15) is 15.9 Å². The molecule has 0 amide bonds. The van der Waals surface area contributed by atoms with E-state index in [1.165, 1.54) is 7.11 Å². The van der Waals surface area contributed by atoms with Gasteiger partial charge in [-0.25, -0.2) is 4.79 Å². The Morgan fingerprint density at radius 2 is 2.27 bits per heavy atom. The lowest BCUT2D eigenvalue weighted by Gasteiger charge is -2.09. The van der Waals surface area contributed by atoms with Crippen LogP contribution in [0.2, 0.25) is 0 Å². The Bertz CT molecular complexity index is 372. The third-order valence-corrected chi connectivity index (χ3v) is 1.86. The topological polar surface area (TPSA) is 72.8 Å². The van der Waals surface area contributed by atoms with Crippen LogP contribution in [0.15, 0.2) is 18.2 Å². The van der Waals surface area contributed by atoms with Gasteiger partial charge in [-0.05, 0) is 6.07 Å². The van der Waals surface area contributed by atoms with Crippen LogP contribution >= 0.6 is 0 Å². The van der Waals surface area contributed by atoms with Crippen molar-refractivity contribution < 1.29 is 24.2 Å². The van der Waals surface area contributed by atoms with E-state index in [0.717, 1.165) is 0 Å². The van der Waals surface area contributed by atoms with E-state index >= 15 is 0 Å². The summed E-state index contributed by atoms with van der Waals surface area (Å²) in [5, 5.41) is 8.35. The Morgan fingerprint density at radius 3 is 2.80 bits per heavy atom. The number of carboxylic acid groups (broad SMARTS) is 1. The first-order valence-electron chi connectivity index (χ1n) is 4.15. The number of hydrogen-bond donors (Lipinski definition) is 1. The molecule has 5 nitrogen and oxygen atoms in total. The molecule has 0 fully saturated rings. The van der Waals surface area contributed by atoms with Crippen molar-refractivity contribution in [3.05, 3.63) is 29.3 Å². The molecule has 0 saturated carbocycles. The summed E-state index contributed by atoms with van der Waals surface area (Å²) in [6, 6.07) is 4.84. The molecular formula is C10H10O5. The van der Waals surface area contributed by atoms with Gasteiger partial charge in [0.2, 0.25) is 0 Å². The number of carbonyl (C=O) groups excluding carboxylic acids is 1. The summed E-state index contributed by atoms with van der Waals surface area (Å²) in [4.78, 5) is 20.9. The van der Waals surface area contributed by atoms with E-state index in [0.29, 0.717) is 23.2 Å². The first kappa shape index (κ1) is 11.0. The molecule has 0 aromatic heterocycles. The van der Waals surface area contributed by atoms with Gasteiger partial charge in [-0.3, -0.25) is 4.79 Å². The number of ether oxygens (including phenoxy) is 2. The van der Waals surface area contributed by atoms with Gasteiger partial charge in [-0.15, -0.1) is 0 Å². The van der Waals surface area contributed by atoms with Crippen LogP contribution in [0.3, 0.4) is 0 Å². The van der Waals surface area contributed by atoms with Crippen molar-refractivity contribution in [2.75, 3.05) is 7.11 Å². The van der Waals surface area contributed by atoms with Crippen molar-refractivity contribution in [2.45, 2.75) is 6.61 Å². The summed E-state index contributed by atoms with van der Waals surface area (Å²) in [6.45, 7) is -0.201. The zero-order chi connectivity index (χ0) is 11.3. The Hall–Kier alpha value is -2.04. The second kappa shape index (κ2) is 4.99. The fourth-order valence-electron chi connectivity index (χ4n) is 1.17. The van der Waals surface area contributed by atoms with E-state index in [1.807, 2.05) is 0 Å². The maximum Gasteiger partial charge on any atom is 0.506 e. The molecule has 0 atom stereocenters. The number of rotatable bonds is 4. The largest absolute Gasteiger partial charge is 0.506 e. The van der Waals surface area contributed by atoms with Gasteiger partial charge in [-0.2, -0.15) is 0 Å². The zero-order valence-electron chi connectivity index (χ0n) is 8.10. The lowest BCUT2D eigenvalue weighted by Crippen LogP contribution is -2.04. The fourth-order valence-corrected chi connectivity index (χ4v) is 1.17. The Kier molecular flexibility index (Phi) is 3.68. The first-order valence-corrected chi connectivity index (χ1v) is 4.15. The van der Waals surface area contributed by atoms with Crippen LogP contribution in [0.5, 0.6) is 5.75 Å². The highest BCUT2D eigenvalue weighted by molar-refractivity contribution is 5.78. The van der Waals surface area contributed by atoms with Gasteiger partial charge in [-0.1, -0.05) is 12.1 Å². The van der Waals surface area contributed by atoms with Crippen LogP contribution in [0, 0.1) is 0 Å². The van der Waals surface area contributed by atoms with Gasteiger partial charge in [0.25, 0.3) is 0 Å². The molecule has 0 aliphatic carbocycles. The van der Waals surface area contributed by atoms with Gasteiger partial charge < -0.3 is 14.6 Å². The van der Waals surface area contributed by atoms with Crippen molar-refractivity contribution >= 4 is 12.4 Å². The number of carbonyl (C=O) groups is 2. The molecule has 0 unspecified atom stereocenters. The highest BCUT2D eigenvalue weighted by Crippen LogP contribution is 2.21. The highest BCUT2D eigenvalue weighted by Gasteiger charge is 2.10. The lowest BCUT2D eigenvalue weighted by molar-refractivity contribution is 0.0840. The molecule has 0 aliphatic rings. The number of benzene rings is 1. The van der Waals surface area contributed by atoms with Crippen LogP contribution in [0.4, 0.5) is 4.79 Å². The molecule has 0 saturated heterocycles. The van der Waals surface area contributed by atoms with Crippen LogP contribution in [-0.4, -0.2) is 24.7 Å². The quantitative estimate of drug-likeness (QED) is 0.604. The van der Waals surface area contributed by atoms with Crippen molar-refractivity contribution in [1.29, 1.82) is 0 Å². The normalized spacial score (nSPS) is 9.40. The van der Waals surface area contributed by atoms with E-state index in [2.05, 4.69) is 4.74 Å². The molecule has 1 rings (SSSR count). The maximum absolute atomic E-state index is 10.7. The standard InChI is InChI=1S/C10H10O5/c1-14-9-4-2-3-7(5-11)8(9)6-15-10(12)13/h2-5H,6H2,1H3,(H,12,13). The third-order valence-electron chi connectivity index (χ3n) is 1.86. The minimum Gasteiger partial charge on any atom is -0.496 e. The summed E-state index contributed by atoms with van der Waals surface area (Å²) >= 11 is 0. The molecular weight excluding hydrogens is 200 g/mol. The predicted molar refractivity (Wildman–Crippen MR) is 51.2 cm³/mol. The van der Waals surface area contributed by atoms with Crippen LogP contribution < -0.4 is 4.74 Å². The summed E-state index contributed by atoms with van der Waals surface area (Å²) in [5.74, 6) is 0.431. The average molecular weight is 210 g/mol. The van der Waals surface area contributed by atoms with Crippen molar-refractivity contribution in [1.82, 2.24) is 0 Å². The molecule has 0 spiro atoms. The number of methoxy groups -OCH3 is 1. The second-order valence-electron chi connectivity index (χ2n) is 2.70. The zero-order valence-corrected chi connectivity index (χ0v) is 8.10. The Labute approximate surface area is 86.2 Å². The van der Waals surface area contributed by atoms with E-state index in [1.54, 1.807) is 18.2 Å². The monoisotopic (exact) mass is 210 g/mol. The summed E-state index contributed by atoms with van der Waals surface area (Å²) in [5.41, 5.74) is 0.785. The minimum atomic E-state index is -1.39. The first-order chi connectivity index (χ1) is 7.19. The van der Waals surface area contributed by atoms with Crippen LogP contribution in [0.25, 0.3) is 0 Å². The van der Waals surface area contributed by atoms with Crippen molar-refractivity contribution in [3.63, 3.8) is 0 Å². The molecule has 15 heavy (non-hydrogen) atoms. The molecule has 0 radical (unpaired) electrons. The van der Waals surface area contributed by atoms with Gasteiger partial charge in [0, 0.05) is 11.1 Å². The van der Waals surface area contributed by atoms with Gasteiger partial charge in [0.05, 0.1) is 7.11 Å². The number of hydrogen-bond acceptors (Lipinski definition) is 4. The van der Waals surface area contributed by atoms with E-state index in [4.69, 9.17) is 9.84 Å². The van der Waals surface area contributed by atoms with E-state index in [-0.39, 0.29) is 6.61 Å². The smallest absolute Gasteiger partial charge is 0.496 e. The Balaban J connectivity index is 2.99. The third kappa shape index (κ3) is 2.70. The second-order valence-corrected chi connectivity index (χ2v) is 2.70. The fraction of sp³-hybridized carbons (Fsp3) is 0.200. The maximum atomic E-state index is 10.7. The van der Waals surface area contributed by atoms with Gasteiger partial charge in [0.1, 0.15) is 12.4 Å². The number of aldehydes is 1. The molecule has 0 heterocycles. The van der Waals surface area contributed by atoms with Gasteiger partial charge >= 0.3 is 6.16 Å². The predicted octanol–water partition coefficient (Wildman–Crippen LogP) is 1.70. The van der Waals surface area contributed by atoms with Crippen molar-refractivity contribution in [2.24, 2.45) is 0 Å². The Morgan fingerprint density at radius 1 is 1.53 bits per heavy atom. The molecule has 1 N–H and O–H groups in total. The minimum absolute atomic E-state index is 0.201. The molecule has 1 aromatic carbocycles. The lowest BCUT2D eigenvalue weighted by atomic mass is 10.1. The molecule has 0 aliphatic heterocycles.